The number of hydrogen-bond donors (Lipinski definition) is 1. The van der Waals surface area contributed by atoms with Crippen molar-refractivity contribution in [2.24, 2.45) is 0 Å². The molecule has 0 aliphatic carbocycles. The number of unbranched alkanes of at least 4 members (excludes halogenated alkanes) is 49. The van der Waals surface area contributed by atoms with E-state index in [0.717, 1.165) is 51.4 Å². The average Bonchev–Trinajstić information content (AvgIpc) is 3.47. The van der Waals surface area contributed by atoms with Crippen LogP contribution in [0.15, 0.2) is 24.3 Å². The van der Waals surface area contributed by atoms with Crippen LogP contribution in [-0.4, -0.2) is 87.4 Å². The van der Waals surface area contributed by atoms with E-state index in [4.69, 9.17) is 18.9 Å². The molecule has 0 spiro atoms. The normalized spacial score (nSPS) is 12.7. The number of aliphatic carboxylic acids is 1. The van der Waals surface area contributed by atoms with Crippen LogP contribution in [0.5, 0.6) is 0 Å². The Morgan fingerprint density at radius 1 is 0.366 bits per heavy atom. The van der Waals surface area contributed by atoms with Crippen LogP contribution >= 0.6 is 0 Å². The summed E-state index contributed by atoms with van der Waals surface area (Å²) in [4.78, 5) is 37.6. The minimum atomic E-state index is -1.51. The molecule has 0 saturated heterocycles. The van der Waals surface area contributed by atoms with Crippen molar-refractivity contribution in [2.75, 3.05) is 47.5 Å². The molecule has 0 rings (SSSR count). The number of carboxylic acids is 1. The molecule has 0 aromatic carbocycles. The molecule has 0 heterocycles. The molecule has 484 valence electrons. The van der Waals surface area contributed by atoms with Gasteiger partial charge in [0.05, 0.1) is 34.4 Å². The van der Waals surface area contributed by atoms with Gasteiger partial charge in [0.15, 0.2) is 6.10 Å². The fourth-order valence-corrected chi connectivity index (χ4v) is 10.9. The van der Waals surface area contributed by atoms with E-state index in [9.17, 15) is 19.5 Å². The molecular formula is C73H140NO8+. The van der Waals surface area contributed by atoms with Crippen LogP contribution in [0, 0.1) is 0 Å². The monoisotopic (exact) mass is 1160 g/mol. The molecule has 0 aliphatic rings. The summed E-state index contributed by atoms with van der Waals surface area (Å²) >= 11 is 0. The Morgan fingerprint density at radius 2 is 0.659 bits per heavy atom. The van der Waals surface area contributed by atoms with Crippen molar-refractivity contribution in [1.29, 1.82) is 0 Å². The van der Waals surface area contributed by atoms with E-state index in [1.165, 1.54) is 289 Å². The molecule has 2 unspecified atom stereocenters. The zero-order chi connectivity index (χ0) is 59.8. The summed E-state index contributed by atoms with van der Waals surface area (Å²) in [7, 11) is 5.99. The molecule has 0 aliphatic heterocycles. The summed E-state index contributed by atoms with van der Waals surface area (Å²) in [6.45, 7) is 4.93. The minimum absolute atomic E-state index is 0.178. The number of carboxylic acid groups (broad SMARTS) is 1. The maximum atomic E-state index is 12.9. The van der Waals surface area contributed by atoms with Crippen LogP contribution in [0.25, 0.3) is 0 Å². The van der Waals surface area contributed by atoms with Gasteiger partial charge in [-0.3, -0.25) is 9.59 Å². The maximum Gasteiger partial charge on any atom is 0.361 e. The lowest BCUT2D eigenvalue weighted by Crippen LogP contribution is -2.40. The molecule has 2 atom stereocenters. The second kappa shape index (κ2) is 64.8. The molecule has 0 saturated carbocycles. The van der Waals surface area contributed by atoms with E-state index in [-0.39, 0.29) is 32.2 Å². The largest absolute Gasteiger partial charge is 0.477 e. The lowest BCUT2D eigenvalue weighted by atomic mass is 10.0. The van der Waals surface area contributed by atoms with Crippen LogP contribution < -0.4 is 0 Å². The summed E-state index contributed by atoms with van der Waals surface area (Å²) in [6.07, 6.45) is 77.4. The third kappa shape index (κ3) is 65.3. The summed E-state index contributed by atoms with van der Waals surface area (Å²) < 4.78 is 23.0. The highest BCUT2D eigenvalue weighted by Gasteiger charge is 2.25. The van der Waals surface area contributed by atoms with Crippen LogP contribution in [0.4, 0.5) is 0 Å². The topological polar surface area (TPSA) is 108 Å². The first-order chi connectivity index (χ1) is 40.1. The summed E-state index contributed by atoms with van der Waals surface area (Å²) in [5.41, 5.74) is 0. The molecule has 0 fully saturated rings. The smallest absolute Gasteiger partial charge is 0.361 e. The van der Waals surface area contributed by atoms with Crippen molar-refractivity contribution in [3.8, 4) is 0 Å². The molecule has 0 aromatic heterocycles. The van der Waals surface area contributed by atoms with E-state index >= 15 is 0 Å². The molecular weight excluding hydrogens is 1020 g/mol. The predicted molar refractivity (Wildman–Crippen MR) is 351 cm³/mol. The predicted octanol–water partition coefficient (Wildman–Crippen LogP) is 22.2. The molecule has 0 bridgehead atoms. The van der Waals surface area contributed by atoms with Crippen molar-refractivity contribution in [2.45, 2.75) is 379 Å². The number of nitrogens with zero attached hydrogens (tertiary/aromatic N) is 1. The standard InChI is InChI=1S/C73H139NO8/c1-6-8-10-12-14-16-18-20-22-24-26-28-29-30-31-32-33-34-35-36-37-38-39-40-41-42-44-45-47-49-51-53-55-57-59-61-63-70(75)80-67-69(68-81-73(72(77)78)79-66-65-74(3,4)5)82-71(76)64-62-60-58-56-54-52-50-48-46-43-27-25-23-21-19-17-15-13-11-9-7-2/h19,21,25,27,69,73H,6-18,20,22-24,26,28-68H2,1-5H3/p+1/b21-19-,27-25-. The lowest BCUT2D eigenvalue weighted by Gasteiger charge is -2.25. The fraction of sp³-hybridized carbons (Fsp3) is 0.904. The summed E-state index contributed by atoms with van der Waals surface area (Å²) in [5.74, 6) is -1.98. The van der Waals surface area contributed by atoms with Gasteiger partial charge in [-0.15, -0.1) is 0 Å². The van der Waals surface area contributed by atoms with Crippen molar-refractivity contribution in [3.05, 3.63) is 24.3 Å². The molecule has 82 heavy (non-hydrogen) atoms. The Bertz CT molecular complexity index is 1390. The van der Waals surface area contributed by atoms with Gasteiger partial charge in [-0.1, -0.05) is 334 Å². The Morgan fingerprint density at radius 3 is 0.963 bits per heavy atom. The number of carbonyl (C=O) groups is 3. The first-order valence-corrected chi connectivity index (χ1v) is 36.0. The highest BCUT2D eigenvalue weighted by atomic mass is 16.7. The highest BCUT2D eigenvalue weighted by Crippen LogP contribution is 2.19. The first kappa shape index (κ1) is 79.8. The van der Waals surface area contributed by atoms with Gasteiger partial charge in [-0.05, 0) is 44.9 Å². The van der Waals surface area contributed by atoms with Crippen molar-refractivity contribution < 1.29 is 42.9 Å². The molecule has 9 heteroatoms. The lowest BCUT2D eigenvalue weighted by molar-refractivity contribution is -0.870. The van der Waals surface area contributed by atoms with E-state index < -0.39 is 24.3 Å². The van der Waals surface area contributed by atoms with Crippen LogP contribution in [-0.2, 0) is 33.3 Å². The van der Waals surface area contributed by atoms with Gasteiger partial charge in [0, 0.05) is 12.8 Å². The zero-order valence-electron chi connectivity index (χ0n) is 55.4. The van der Waals surface area contributed by atoms with Gasteiger partial charge < -0.3 is 28.5 Å². The first-order valence-electron chi connectivity index (χ1n) is 36.0. The number of hydrogen-bond acceptors (Lipinski definition) is 7. The molecule has 1 N–H and O–H groups in total. The Balaban J connectivity index is 3.98. The summed E-state index contributed by atoms with van der Waals surface area (Å²) in [5, 5.41) is 9.74. The van der Waals surface area contributed by atoms with E-state index in [1.54, 1.807) is 0 Å². The minimum Gasteiger partial charge on any atom is -0.477 e. The van der Waals surface area contributed by atoms with Crippen molar-refractivity contribution in [1.82, 2.24) is 0 Å². The Labute approximate surface area is 509 Å². The molecule has 0 radical (unpaired) electrons. The Hall–Kier alpha value is -2.23. The highest BCUT2D eigenvalue weighted by molar-refractivity contribution is 5.71. The maximum absolute atomic E-state index is 12.9. The molecule has 0 amide bonds. The molecule has 0 aromatic rings. The second-order valence-electron chi connectivity index (χ2n) is 25.9. The second-order valence-corrected chi connectivity index (χ2v) is 25.9. The van der Waals surface area contributed by atoms with Crippen molar-refractivity contribution >= 4 is 17.9 Å². The number of rotatable bonds is 68. The number of allylic oxidation sites excluding steroid dienone is 4. The van der Waals surface area contributed by atoms with E-state index in [0.29, 0.717) is 17.4 Å². The summed E-state index contributed by atoms with van der Waals surface area (Å²) in [6, 6.07) is 0. The number of esters is 2. The van der Waals surface area contributed by atoms with Gasteiger partial charge in [0.1, 0.15) is 13.2 Å². The van der Waals surface area contributed by atoms with Gasteiger partial charge >= 0.3 is 17.9 Å². The van der Waals surface area contributed by atoms with Crippen LogP contribution in [0.3, 0.4) is 0 Å². The van der Waals surface area contributed by atoms with Gasteiger partial charge in [0.25, 0.3) is 6.29 Å². The number of ether oxygens (including phenoxy) is 4. The van der Waals surface area contributed by atoms with Gasteiger partial charge in [-0.2, -0.15) is 0 Å². The quantitative estimate of drug-likeness (QED) is 0.0211. The fourth-order valence-electron chi connectivity index (χ4n) is 10.9. The third-order valence-corrected chi connectivity index (χ3v) is 16.5. The van der Waals surface area contributed by atoms with Crippen LogP contribution in [0.1, 0.15) is 367 Å². The van der Waals surface area contributed by atoms with Gasteiger partial charge in [-0.25, -0.2) is 4.79 Å². The zero-order valence-corrected chi connectivity index (χ0v) is 55.4. The number of likely N-dealkylation sites (N-methyl/N-ethyl adjacent to an activating group) is 1. The SMILES string of the molecule is CCCCCCC/C=C\C/C=C\CCCCCCCCCCCC(=O)OC(COC(=O)CCCCCCCCCCCCCCCCCCCCCCCCCCCCCCCCCCCCCC)COC(OCC[N+](C)(C)C)C(=O)O. The van der Waals surface area contributed by atoms with Gasteiger partial charge in [0.2, 0.25) is 0 Å². The van der Waals surface area contributed by atoms with E-state index in [1.807, 2.05) is 21.1 Å². The molecule has 9 nitrogen and oxygen atoms in total. The Kier molecular flexibility index (Phi) is 63.0. The number of quaternary nitrogens is 1. The number of carbonyl (C=O) groups excluding carboxylic acids is 2. The average molecular weight is 1160 g/mol. The third-order valence-electron chi connectivity index (χ3n) is 16.5. The van der Waals surface area contributed by atoms with E-state index in [2.05, 4.69) is 38.2 Å². The van der Waals surface area contributed by atoms with Crippen molar-refractivity contribution in [3.63, 3.8) is 0 Å². The van der Waals surface area contributed by atoms with Crippen LogP contribution in [0.2, 0.25) is 0 Å².